The number of aliphatic hydroxyl groups is 1. The van der Waals surface area contributed by atoms with E-state index in [9.17, 15) is 24.3 Å². The number of ketones is 3. The summed E-state index contributed by atoms with van der Waals surface area (Å²) in [5.41, 5.74) is -4.68. The van der Waals surface area contributed by atoms with Crippen LogP contribution in [0.15, 0.2) is 42.5 Å². The summed E-state index contributed by atoms with van der Waals surface area (Å²) < 4.78 is 16.9. The fourth-order valence-corrected chi connectivity index (χ4v) is 4.44. The van der Waals surface area contributed by atoms with Crippen LogP contribution >= 0.6 is 0 Å². The minimum Gasteiger partial charge on any atom is -0.383 e. The van der Waals surface area contributed by atoms with Crippen LogP contribution in [0.1, 0.15) is 30.6 Å². The average Bonchev–Trinajstić information content (AvgIpc) is 3.15. The number of carbonyl (C=O) groups excluding carboxylic acids is 4. The van der Waals surface area contributed by atoms with Gasteiger partial charge in [0.05, 0.1) is 12.0 Å². The first-order valence-corrected chi connectivity index (χ1v) is 10.00. The van der Waals surface area contributed by atoms with Crippen molar-refractivity contribution in [2.75, 3.05) is 7.11 Å². The second-order valence-electron chi connectivity index (χ2n) is 7.87. The topological polar surface area (TPSA) is 128 Å². The third kappa shape index (κ3) is 2.64. The highest BCUT2D eigenvalue weighted by Gasteiger charge is 2.79. The Hall–Kier alpha value is -2.72. The number of hydrogen-bond acceptors (Lipinski definition) is 8. The number of ether oxygens (including phenoxy) is 3. The molecule has 0 radical (unpaired) electrons. The van der Waals surface area contributed by atoms with Crippen molar-refractivity contribution in [2.45, 2.75) is 49.6 Å². The number of methoxy groups -OCH3 is 1. The van der Waals surface area contributed by atoms with Gasteiger partial charge in [-0.3, -0.25) is 19.2 Å². The first-order valence-electron chi connectivity index (χ1n) is 10.00. The molecule has 1 aromatic rings. The lowest BCUT2D eigenvalue weighted by Crippen LogP contribution is -2.61. The zero-order chi connectivity index (χ0) is 22.6. The first kappa shape index (κ1) is 21.5. The fraction of sp³-hybridized carbons (Fsp3) is 0.455. The Morgan fingerprint density at radius 2 is 1.90 bits per heavy atom. The third-order valence-corrected chi connectivity index (χ3v) is 6.28. The third-order valence-electron chi connectivity index (χ3n) is 6.28. The number of Topliss-reactive ketones (excluding diaryl/α,β-unsaturated/α-hetero) is 2. The van der Waals surface area contributed by atoms with E-state index >= 15 is 0 Å². The van der Waals surface area contributed by atoms with E-state index in [-0.39, 0.29) is 5.56 Å². The zero-order valence-corrected chi connectivity index (χ0v) is 17.3. The van der Waals surface area contributed by atoms with E-state index in [1.807, 2.05) is 6.92 Å². The lowest BCUT2D eigenvalue weighted by atomic mass is 9.82. The van der Waals surface area contributed by atoms with Gasteiger partial charge in [0, 0.05) is 12.7 Å². The average molecular weight is 429 g/mol. The number of carbonyl (C=O) groups is 4. The number of aliphatic hydroxyl groups excluding tert-OH is 1. The van der Waals surface area contributed by atoms with Crippen molar-refractivity contribution in [3.05, 3.63) is 48.0 Å². The van der Waals surface area contributed by atoms with E-state index in [1.54, 1.807) is 24.3 Å². The SMILES string of the molecule is CC[C@H]1C=CC(=O)[C@@]2(O1)O[C@]1(C(=O)N[C@@](OC)(C(=O)c3ccccc3)[C@@H]1O)C(=O)[C@H]2C. The molecule has 9 heteroatoms. The van der Waals surface area contributed by atoms with E-state index in [1.165, 1.54) is 25.1 Å². The van der Waals surface area contributed by atoms with Gasteiger partial charge in [0.1, 0.15) is 0 Å². The summed E-state index contributed by atoms with van der Waals surface area (Å²) in [7, 11) is 1.13. The highest BCUT2D eigenvalue weighted by molar-refractivity contribution is 6.20. The minimum absolute atomic E-state index is 0.146. The van der Waals surface area contributed by atoms with Gasteiger partial charge in [-0.1, -0.05) is 43.3 Å². The minimum atomic E-state index is -2.54. The van der Waals surface area contributed by atoms with Crippen molar-refractivity contribution in [1.82, 2.24) is 5.32 Å². The predicted octanol–water partition coefficient (Wildman–Crippen LogP) is 0.307. The second kappa shape index (κ2) is 7.16. The highest BCUT2D eigenvalue weighted by atomic mass is 16.7. The summed E-state index contributed by atoms with van der Waals surface area (Å²) in [5.74, 6) is -6.64. The van der Waals surface area contributed by atoms with Crippen molar-refractivity contribution in [2.24, 2.45) is 5.92 Å². The van der Waals surface area contributed by atoms with Gasteiger partial charge in [-0.05, 0) is 19.4 Å². The molecule has 0 saturated carbocycles. The molecule has 0 aromatic heterocycles. The Bertz CT molecular complexity index is 990. The summed E-state index contributed by atoms with van der Waals surface area (Å²) in [5, 5.41) is 13.6. The van der Waals surface area contributed by atoms with E-state index in [0.717, 1.165) is 7.11 Å². The summed E-state index contributed by atoms with van der Waals surface area (Å²) in [6.45, 7) is 3.22. The van der Waals surface area contributed by atoms with Gasteiger partial charge in [-0.25, -0.2) is 0 Å². The smallest absolute Gasteiger partial charge is 0.265 e. The van der Waals surface area contributed by atoms with Crippen molar-refractivity contribution >= 4 is 23.3 Å². The summed E-state index contributed by atoms with van der Waals surface area (Å²) >= 11 is 0. The Morgan fingerprint density at radius 1 is 1.23 bits per heavy atom. The van der Waals surface area contributed by atoms with E-state index in [2.05, 4.69) is 5.32 Å². The molecule has 0 bridgehead atoms. The van der Waals surface area contributed by atoms with Gasteiger partial charge in [0.2, 0.25) is 28.7 Å². The van der Waals surface area contributed by atoms with Crippen LogP contribution in [0, 0.1) is 5.92 Å². The number of hydrogen-bond donors (Lipinski definition) is 2. The molecule has 2 N–H and O–H groups in total. The van der Waals surface area contributed by atoms with Crippen molar-refractivity contribution in [1.29, 1.82) is 0 Å². The summed E-state index contributed by atoms with van der Waals surface area (Å²) in [4.78, 5) is 52.5. The Kier molecular flexibility index (Phi) is 4.97. The molecule has 3 heterocycles. The van der Waals surface area contributed by atoms with Gasteiger partial charge < -0.3 is 24.6 Å². The molecule has 1 amide bonds. The number of rotatable bonds is 4. The second-order valence-corrected chi connectivity index (χ2v) is 7.87. The van der Waals surface area contributed by atoms with Crippen molar-refractivity contribution in [3.8, 4) is 0 Å². The largest absolute Gasteiger partial charge is 0.383 e. The van der Waals surface area contributed by atoms with E-state index < -0.39 is 58.5 Å². The number of nitrogens with one attached hydrogen (secondary N) is 1. The van der Waals surface area contributed by atoms with Gasteiger partial charge >= 0.3 is 0 Å². The Morgan fingerprint density at radius 3 is 2.52 bits per heavy atom. The van der Waals surface area contributed by atoms with Crippen LogP contribution < -0.4 is 5.32 Å². The molecule has 3 aliphatic rings. The maximum atomic E-state index is 13.4. The Labute approximate surface area is 178 Å². The lowest BCUT2D eigenvalue weighted by molar-refractivity contribution is -0.270. The molecule has 4 rings (SSSR count). The molecule has 1 aromatic carbocycles. The van der Waals surface area contributed by atoms with Crippen LogP contribution in [0.25, 0.3) is 0 Å². The van der Waals surface area contributed by atoms with Gasteiger partial charge in [-0.2, -0.15) is 0 Å². The fourth-order valence-electron chi connectivity index (χ4n) is 4.44. The molecular formula is C22H23NO8. The molecule has 2 fully saturated rings. The molecule has 31 heavy (non-hydrogen) atoms. The zero-order valence-electron chi connectivity index (χ0n) is 17.3. The van der Waals surface area contributed by atoms with Gasteiger partial charge in [0.25, 0.3) is 5.91 Å². The molecule has 3 aliphatic heterocycles. The molecule has 164 valence electrons. The molecule has 2 saturated heterocycles. The van der Waals surface area contributed by atoms with Gasteiger partial charge in [0.15, 0.2) is 11.9 Å². The highest BCUT2D eigenvalue weighted by Crippen LogP contribution is 2.50. The normalized spacial score (nSPS) is 39.5. The van der Waals surface area contributed by atoms with Gasteiger partial charge in [-0.15, -0.1) is 0 Å². The first-order chi connectivity index (χ1) is 14.7. The van der Waals surface area contributed by atoms with E-state index in [4.69, 9.17) is 14.2 Å². The van der Waals surface area contributed by atoms with Crippen LogP contribution in [0.2, 0.25) is 0 Å². The summed E-state index contributed by atoms with van der Waals surface area (Å²) in [6.07, 6.45) is 0.692. The number of amides is 1. The quantitative estimate of drug-likeness (QED) is 0.517. The maximum absolute atomic E-state index is 13.4. The molecule has 0 unspecified atom stereocenters. The van der Waals surface area contributed by atoms with Crippen LogP contribution in [0.4, 0.5) is 0 Å². The summed E-state index contributed by atoms with van der Waals surface area (Å²) in [6, 6.07) is 7.88. The Balaban J connectivity index is 1.80. The van der Waals surface area contributed by atoms with Crippen LogP contribution in [0.3, 0.4) is 0 Å². The monoisotopic (exact) mass is 429 g/mol. The van der Waals surface area contributed by atoms with Crippen LogP contribution in [-0.2, 0) is 28.6 Å². The van der Waals surface area contributed by atoms with Crippen molar-refractivity contribution in [3.63, 3.8) is 0 Å². The molecule has 9 nitrogen and oxygen atoms in total. The lowest BCUT2D eigenvalue weighted by Gasteiger charge is -2.37. The molecular weight excluding hydrogens is 406 g/mol. The maximum Gasteiger partial charge on any atom is 0.265 e. The molecule has 0 aliphatic carbocycles. The predicted molar refractivity (Wildman–Crippen MR) is 105 cm³/mol. The molecule has 2 spiro atoms. The van der Waals surface area contributed by atoms with Crippen LogP contribution in [0.5, 0.6) is 0 Å². The van der Waals surface area contributed by atoms with E-state index in [0.29, 0.717) is 6.42 Å². The number of benzene rings is 1. The standard InChI is InChI=1S/C22H23NO8/c1-4-14-10-11-15(24)22(30-14)12(2)16(25)20(31-22)18(27)21(29-3,23-19(20)28)17(26)13-8-6-5-7-9-13/h5-12,14,18,27H,4H2,1-3H3,(H,23,28)/t12-,14+,18-,20-,21-,22+/m1/s1. The van der Waals surface area contributed by atoms with Crippen LogP contribution in [-0.4, -0.2) is 64.8 Å². The van der Waals surface area contributed by atoms with Crippen molar-refractivity contribution < 1.29 is 38.5 Å². The molecule has 6 atom stereocenters.